The van der Waals surface area contributed by atoms with Crippen LogP contribution in [0, 0.1) is 6.42 Å². The molecular weight excluding hydrogens is 160 g/mol. The number of hydrogen-bond donors (Lipinski definition) is 0. The highest BCUT2D eigenvalue weighted by Crippen LogP contribution is 2.18. The molecule has 1 aliphatic carbocycles. The first-order valence-electron chi connectivity index (χ1n) is 3.42. The Morgan fingerprint density at radius 1 is 1.45 bits per heavy atom. The predicted octanol–water partition coefficient (Wildman–Crippen LogP) is 1.47. The highest BCUT2D eigenvalue weighted by Gasteiger charge is 2.11. The van der Waals surface area contributed by atoms with Crippen LogP contribution in [-0.2, 0) is 9.84 Å². The second-order valence-electron chi connectivity index (χ2n) is 2.71. The molecule has 0 aromatic carbocycles. The van der Waals surface area contributed by atoms with E-state index in [-0.39, 0.29) is 0 Å². The lowest BCUT2D eigenvalue weighted by Crippen LogP contribution is -2.02. The van der Waals surface area contributed by atoms with Gasteiger partial charge in [-0.15, -0.1) is 0 Å². The van der Waals surface area contributed by atoms with Crippen molar-refractivity contribution in [3.8, 4) is 0 Å². The third kappa shape index (κ3) is 2.19. The van der Waals surface area contributed by atoms with Gasteiger partial charge in [-0.25, -0.2) is 8.42 Å². The molecule has 2 nitrogen and oxygen atoms in total. The number of sulfone groups is 1. The third-order valence-corrected chi connectivity index (χ3v) is 2.70. The zero-order chi connectivity index (χ0) is 8.48. The number of hydrogen-bond acceptors (Lipinski definition) is 2. The minimum absolute atomic E-state index is 0.442. The lowest BCUT2D eigenvalue weighted by molar-refractivity contribution is 0.608. The molecule has 0 spiro atoms. The summed E-state index contributed by atoms with van der Waals surface area (Å²) < 4.78 is 22.0. The fourth-order valence-corrected chi connectivity index (χ4v) is 1.76. The van der Waals surface area contributed by atoms with Crippen LogP contribution in [0.15, 0.2) is 22.6 Å². The summed E-state index contributed by atoms with van der Waals surface area (Å²) in [7, 11) is -2.99. The van der Waals surface area contributed by atoms with E-state index in [9.17, 15) is 8.42 Å². The molecule has 1 radical (unpaired) electrons. The molecule has 0 N–H and O–H groups in total. The van der Waals surface area contributed by atoms with Crippen molar-refractivity contribution in [1.29, 1.82) is 0 Å². The van der Waals surface area contributed by atoms with Crippen LogP contribution in [0.4, 0.5) is 0 Å². The van der Waals surface area contributed by atoms with Crippen molar-refractivity contribution in [2.45, 2.75) is 13.3 Å². The smallest absolute Gasteiger partial charge is 0.175 e. The van der Waals surface area contributed by atoms with E-state index in [0.717, 1.165) is 12.0 Å². The minimum atomic E-state index is -2.99. The summed E-state index contributed by atoms with van der Waals surface area (Å²) in [6, 6.07) is 0. The van der Waals surface area contributed by atoms with Gasteiger partial charge in [0.2, 0.25) is 0 Å². The summed E-state index contributed by atoms with van der Waals surface area (Å²) in [5, 5.41) is 0. The van der Waals surface area contributed by atoms with Gasteiger partial charge in [-0.2, -0.15) is 0 Å². The Hall–Kier alpha value is -0.570. The maximum atomic E-state index is 11.0. The Labute approximate surface area is 67.5 Å². The van der Waals surface area contributed by atoms with Crippen molar-refractivity contribution in [1.82, 2.24) is 0 Å². The fourth-order valence-electron chi connectivity index (χ4n) is 0.962. The molecule has 3 heteroatoms. The molecular formula is C8H11O2S. The number of allylic oxidation sites excluding steroid dienone is 3. The molecule has 1 rings (SSSR count). The van der Waals surface area contributed by atoms with Crippen LogP contribution in [0.25, 0.3) is 0 Å². The Morgan fingerprint density at radius 2 is 2.09 bits per heavy atom. The molecule has 61 valence electrons. The van der Waals surface area contributed by atoms with Crippen molar-refractivity contribution < 1.29 is 8.42 Å². The van der Waals surface area contributed by atoms with Crippen molar-refractivity contribution >= 4 is 9.84 Å². The molecule has 0 aromatic rings. The summed E-state index contributed by atoms with van der Waals surface area (Å²) in [5.41, 5.74) is 1.02. The fraction of sp³-hybridized carbons (Fsp3) is 0.375. The lowest BCUT2D eigenvalue weighted by atomic mass is 10.1. The molecule has 0 fully saturated rings. The average molecular weight is 171 g/mol. The van der Waals surface area contributed by atoms with Gasteiger partial charge in [0.05, 0.1) is 4.91 Å². The van der Waals surface area contributed by atoms with Crippen LogP contribution in [0.5, 0.6) is 0 Å². The van der Waals surface area contributed by atoms with Gasteiger partial charge in [0.15, 0.2) is 9.84 Å². The first kappa shape index (κ1) is 8.53. The van der Waals surface area contributed by atoms with Gasteiger partial charge in [-0.1, -0.05) is 11.6 Å². The standard InChI is InChI=1S/C8H11O2S/c1-7-4-3-5-8(6-7)11(2,9)10/h4-6H,3H2,1-2H3. The number of rotatable bonds is 1. The highest BCUT2D eigenvalue weighted by molar-refractivity contribution is 7.94. The Bertz CT molecular complexity index is 307. The van der Waals surface area contributed by atoms with Crippen molar-refractivity contribution in [3.05, 3.63) is 29.1 Å². The van der Waals surface area contributed by atoms with Gasteiger partial charge in [-0.05, 0) is 25.8 Å². The van der Waals surface area contributed by atoms with Gasteiger partial charge >= 0.3 is 0 Å². The zero-order valence-corrected chi connectivity index (χ0v) is 7.48. The Kier molecular flexibility index (Phi) is 2.18. The van der Waals surface area contributed by atoms with E-state index < -0.39 is 9.84 Å². The van der Waals surface area contributed by atoms with Crippen molar-refractivity contribution in [2.75, 3.05) is 6.26 Å². The zero-order valence-electron chi connectivity index (χ0n) is 6.66. The average Bonchev–Trinajstić information content (AvgIpc) is 1.86. The van der Waals surface area contributed by atoms with E-state index in [0.29, 0.717) is 4.91 Å². The first-order chi connectivity index (χ1) is 5.00. The summed E-state index contributed by atoms with van der Waals surface area (Å²) in [6.45, 7) is 1.90. The summed E-state index contributed by atoms with van der Waals surface area (Å²) in [5.74, 6) is 0. The molecule has 0 aromatic heterocycles. The second kappa shape index (κ2) is 2.81. The lowest BCUT2D eigenvalue weighted by Gasteiger charge is -2.07. The largest absolute Gasteiger partial charge is 0.224 e. The summed E-state index contributed by atoms with van der Waals surface area (Å²) in [4.78, 5) is 0.442. The normalized spacial score (nSPS) is 19.1. The van der Waals surface area contributed by atoms with Crippen molar-refractivity contribution in [2.24, 2.45) is 0 Å². The SMILES string of the molecule is CC1=CC(S(C)(=O)=O)=CC[CH]1. The molecule has 0 amide bonds. The quantitative estimate of drug-likeness (QED) is 0.598. The highest BCUT2D eigenvalue weighted by atomic mass is 32.2. The molecule has 0 saturated carbocycles. The maximum Gasteiger partial charge on any atom is 0.175 e. The summed E-state index contributed by atoms with van der Waals surface area (Å²) in [6.07, 6.45) is 7.37. The molecule has 0 atom stereocenters. The van der Waals surface area contributed by atoms with E-state index in [4.69, 9.17) is 0 Å². The topological polar surface area (TPSA) is 34.1 Å². The van der Waals surface area contributed by atoms with Crippen LogP contribution >= 0.6 is 0 Å². The molecule has 0 aliphatic heterocycles. The van der Waals surface area contributed by atoms with Gasteiger partial charge < -0.3 is 0 Å². The first-order valence-corrected chi connectivity index (χ1v) is 5.31. The van der Waals surface area contributed by atoms with E-state index in [2.05, 4.69) is 0 Å². The monoisotopic (exact) mass is 171 g/mol. The van der Waals surface area contributed by atoms with Gasteiger partial charge in [-0.3, -0.25) is 0 Å². The van der Waals surface area contributed by atoms with E-state index in [1.54, 1.807) is 12.2 Å². The Morgan fingerprint density at radius 3 is 2.45 bits per heavy atom. The predicted molar refractivity (Wildman–Crippen MR) is 45.6 cm³/mol. The van der Waals surface area contributed by atoms with Crippen LogP contribution in [0.3, 0.4) is 0 Å². The van der Waals surface area contributed by atoms with E-state index >= 15 is 0 Å². The van der Waals surface area contributed by atoms with Gasteiger partial charge in [0.1, 0.15) is 0 Å². The van der Waals surface area contributed by atoms with Crippen LogP contribution in [0.2, 0.25) is 0 Å². The minimum Gasteiger partial charge on any atom is -0.224 e. The molecule has 0 heterocycles. The Balaban J connectivity index is 3.01. The van der Waals surface area contributed by atoms with Crippen LogP contribution in [0.1, 0.15) is 13.3 Å². The van der Waals surface area contributed by atoms with Crippen molar-refractivity contribution in [3.63, 3.8) is 0 Å². The summed E-state index contributed by atoms with van der Waals surface area (Å²) >= 11 is 0. The molecule has 11 heavy (non-hydrogen) atoms. The molecule has 1 aliphatic rings. The van der Waals surface area contributed by atoms with E-state index in [1.165, 1.54) is 6.26 Å². The van der Waals surface area contributed by atoms with Gasteiger partial charge in [0.25, 0.3) is 0 Å². The third-order valence-electron chi connectivity index (χ3n) is 1.56. The maximum absolute atomic E-state index is 11.0. The van der Waals surface area contributed by atoms with Gasteiger partial charge in [0, 0.05) is 6.26 Å². The van der Waals surface area contributed by atoms with E-state index in [1.807, 2.05) is 13.3 Å². The van der Waals surface area contributed by atoms with Crippen LogP contribution < -0.4 is 0 Å². The van der Waals surface area contributed by atoms with Crippen LogP contribution in [-0.4, -0.2) is 14.7 Å². The molecule has 0 saturated heterocycles. The molecule has 0 unspecified atom stereocenters. The second-order valence-corrected chi connectivity index (χ2v) is 4.72. The molecule has 0 bridgehead atoms.